The number of hydrazone groups is 1. The molecule has 170 valence electrons. The lowest BCUT2D eigenvalue weighted by molar-refractivity contribution is -0.385. The monoisotopic (exact) mass is 475 g/mol. The van der Waals surface area contributed by atoms with Crippen LogP contribution in [-0.4, -0.2) is 25.5 Å². The van der Waals surface area contributed by atoms with Gasteiger partial charge in [0.05, 0.1) is 16.0 Å². The van der Waals surface area contributed by atoms with Crippen molar-refractivity contribution >= 4 is 38.7 Å². The Morgan fingerprint density at radius 1 is 0.912 bits per heavy atom. The largest absolute Gasteiger partial charge is 0.423 e. The van der Waals surface area contributed by atoms with Crippen LogP contribution in [0.3, 0.4) is 0 Å². The van der Waals surface area contributed by atoms with Crippen molar-refractivity contribution in [2.45, 2.75) is 4.90 Å². The maximum absolute atomic E-state index is 12.5. The molecule has 0 bridgehead atoms. The van der Waals surface area contributed by atoms with E-state index in [0.29, 0.717) is 5.56 Å². The summed E-state index contributed by atoms with van der Waals surface area (Å²) in [6.07, 6.45) is 1.30. The van der Waals surface area contributed by atoms with Gasteiger partial charge in [-0.05, 0) is 58.8 Å². The Balaban J connectivity index is 1.41. The molecule has 0 radical (unpaired) electrons. The molecule has 0 aliphatic carbocycles. The van der Waals surface area contributed by atoms with Crippen molar-refractivity contribution in [2.24, 2.45) is 5.10 Å². The van der Waals surface area contributed by atoms with Crippen LogP contribution in [0, 0.1) is 10.1 Å². The topological polar surface area (TPSA) is 128 Å². The first-order valence-corrected chi connectivity index (χ1v) is 11.4. The van der Waals surface area contributed by atoms with Crippen molar-refractivity contribution in [3.63, 3.8) is 0 Å². The number of nitrogens with zero attached hydrogens (tertiary/aromatic N) is 2. The molecule has 1 N–H and O–H groups in total. The fraction of sp³-hybridized carbons (Fsp3) is 0. The second kappa shape index (κ2) is 9.51. The van der Waals surface area contributed by atoms with Crippen LogP contribution in [-0.2, 0) is 10.0 Å². The number of rotatable bonds is 7. The molecule has 0 atom stereocenters. The predicted octanol–water partition coefficient (Wildman–Crippen LogP) is 4.28. The van der Waals surface area contributed by atoms with Crippen molar-refractivity contribution in [2.75, 3.05) is 0 Å². The Morgan fingerprint density at radius 3 is 2.32 bits per heavy atom. The molecular weight excluding hydrogens is 458 g/mol. The molecule has 10 heteroatoms. The summed E-state index contributed by atoms with van der Waals surface area (Å²) in [4.78, 5) is 25.0. The molecular formula is C24H17N3O6S. The van der Waals surface area contributed by atoms with Crippen molar-refractivity contribution < 1.29 is 22.9 Å². The van der Waals surface area contributed by atoms with Gasteiger partial charge in [-0.1, -0.05) is 42.5 Å². The highest BCUT2D eigenvalue weighted by Crippen LogP contribution is 2.21. The van der Waals surface area contributed by atoms with Gasteiger partial charge in [-0.3, -0.25) is 10.1 Å². The van der Waals surface area contributed by atoms with Gasteiger partial charge in [-0.15, -0.1) is 0 Å². The lowest BCUT2D eigenvalue weighted by Gasteiger charge is -2.06. The summed E-state index contributed by atoms with van der Waals surface area (Å²) in [5.41, 5.74) is 0.0166. The van der Waals surface area contributed by atoms with E-state index in [9.17, 15) is 23.3 Å². The molecule has 0 spiro atoms. The fourth-order valence-corrected chi connectivity index (χ4v) is 3.97. The van der Waals surface area contributed by atoms with E-state index in [2.05, 4.69) is 9.93 Å². The van der Waals surface area contributed by atoms with Crippen LogP contribution in [0.4, 0.5) is 5.69 Å². The molecule has 0 saturated carbocycles. The third kappa shape index (κ3) is 5.08. The molecule has 0 fully saturated rings. The van der Waals surface area contributed by atoms with Crippen molar-refractivity contribution in [3.05, 3.63) is 112 Å². The van der Waals surface area contributed by atoms with Gasteiger partial charge in [-0.25, -0.2) is 9.63 Å². The van der Waals surface area contributed by atoms with E-state index >= 15 is 0 Å². The third-order valence-electron chi connectivity index (χ3n) is 4.83. The van der Waals surface area contributed by atoms with Crippen LogP contribution in [0.15, 0.2) is 101 Å². The number of carbonyl (C=O) groups excluding carboxylic acids is 1. The number of fused-ring (bicyclic) bond motifs is 1. The van der Waals surface area contributed by atoms with Crippen molar-refractivity contribution in [3.8, 4) is 5.75 Å². The average Bonchev–Trinajstić information content (AvgIpc) is 2.84. The zero-order valence-corrected chi connectivity index (χ0v) is 18.3. The first kappa shape index (κ1) is 22.6. The summed E-state index contributed by atoms with van der Waals surface area (Å²) >= 11 is 0. The number of hydrogen-bond donors (Lipinski definition) is 1. The maximum Gasteiger partial charge on any atom is 0.350 e. The Labute approximate surface area is 194 Å². The Kier molecular flexibility index (Phi) is 6.33. The van der Waals surface area contributed by atoms with Gasteiger partial charge in [0, 0.05) is 6.07 Å². The van der Waals surface area contributed by atoms with Crippen molar-refractivity contribution in [1.82, 2.24) is 4.83 Å². The third-order valence-corrected chi connectivity index (χ3v) is 6.05. The molecule has 0 aliphatic heterocycles. The number of carbonyl (C=O) groups is 1. The van der Waals surface area contributed by atoms with E-state index < -0.39 is 20.9 Å². The minimum absolute atomic E-state index is 0.0839. The zero-order chi connectivity index (χ0) is 24.1. The summed E-state index contributed by atoms with van der Waals surface area (Å²) in [6, 6.07) is 23.7. The molecule has 34 heavy (non-hydrogen) atoms. The van der Waals surface area contributed by atoms with E-state index in [1.807, 2.05) is 24.3 Å². The molecule has 0 aliphatic rings. The van der Waals surface area contributed by atoms with Crippen LogP contribution in [0.1, 0.15) is 15.9 Å². The highest BCUT2D eigenvalue weighted by atomic mass is 32.2. The first-order chi connectivity index (χ1) is 16.3. The van der Waals surface area contributed by atoms with Crippen LogP contribution in [0.5, 0.6) is 5.75 Å². The van der Waals surface area contributed by atoms with E-state index in [-0.39, 0.29) is 21.9 Å². The normalized spacial score (nSPS) is 11.4. The van der Waals surface area contributed by atoms with Crippen LogP contribution >= 0.6 is 0 Å². The van der Waals surface area contributed by atoms with Gasteiger partial charge in [-0.2, -0.15) is 13.5 Å². The predicted molar refractivity (Wildman–Crippen MR) is 126 cm³/mol. The lowest BCUT2D eigenvalue weighted by Crippen LogP contribution is -2.18. The number of para-hydroxylation sites is 1. The number of sulfonamides is 1. The standard InChI is InChI=1S/C24H17N3O6S/c28-24(22-7-3-4-8-23(22)27(29)30)33-20-12-9-17(10-13-20)16-25-26-34(31,32)21-14-11-18-5-1-2-6-19(18)15-21/h1-16,26H. The second-order valence-corrected chi connectivity index (χ2v) is 8.76. The minimum atomic E-state index is -3.86. The number of benzene rings is 4. The summed E-state index contributed by atoms with van der Waals surface area (Å²) in [6.45, 7) is 0. The molecule has 4 rings (SSSR count). The average molecular weight is 475 g/mol. The maximum atomic E-state index is 12.5. The van der Waals surface area contributed by atoms with Gasteiger partial charge >= 0.3 is 5.97 Å². The molecule has 0 unspecified atom stereocenters. The summed E-state index contributed by atoms with van der Waals surface area (Å²) in [5.74, 6) is -0.700. The van der Waals surface area contributed by atoms with Gasteiger partial charge < -0.3 is 4.74 Å². The zero-order valence-electron chi connectivity index (χ0n) is 17.5. The van der Waals surface area contributed by atoms with E-state index in [1.54, 1.807) is 24.3 Å². The minimum Gasteiger partial charge on any atom is -0.423 e. The van der Waals surface area contributed by atoms with E-state index in [4.69, 9.17) is 4.74 Å². The van der Waals surface area contributed by atoms with E-state index in [0.717, 1.165) is 10.8 Å². The quantitative estimate of drug-likeness (QED) is 0.140. The number of esters is 1. The smallest absolute Gasteiger partial charge is 0.350 e. The fourth-order valence-electron chi connectivity index (χ4n) is 3.15. The van der Waals surface area contributed by atoms with Gasteiger partial charge in [0.25, 0.3) is 15.7 Å². The first-order valence-electron chi connectivity index (χ1n) is 9.93. The highest BCUT2D eigenvalue weighted by molar-refractivity contribution is 7.89. The van der Waals surface area contributed by atoms with Crippen molar-refractivity contribution in [1.29, 1.82) is 0 Å². The second-order valence-electron chi connectivity index (χ2n) is 7.09. The van der Waals surface area contributed by atoms with Crippen LogP contribution < -0.4 is 9.57 Å². The number of nitrogens with one attached hydrogen (secondary N) is 1. The van der Waals surface area contributed by atoms with Gasteiger partial charge in [0.1, 0.15) is 11.3 Å². The molecule has 0 amide bonds. The molecule has 0 saturated heterocycles. The summed E-state index contributed by atoms with van der Waals surface area (Å²) < 4.78 is 30.2. The number of hydrogen-bond acceptors (Lipinski definition) is 7. The summed E-state index contributed by atoms with van der Waals surface area (Å²) in [7, 11) is -3.86. The van der Waals surface area contributed by atoms with E-state index in [1.165, 1.54) is 48.7 Å². The number of ether oxygens (including phenoxy) is 1. The molecule has 4 aromatic carbocycles. The van der Waals surface area contributed by atoms with Crippen LogP contribution in [0.2, 0.25) is 0 Å². The Bertz CT molecular complexity index is 1520. The van der Waals surface area contributed by atoms with Gasteiger partial charge in [0.2, 0.25) is 0 Å². The molecule has 0 heterocycles. The molecule has 4 aromatic rings. The molecule has 9 nitrogen and oxygen atoms in total. The SMILES string of the molecule is O=C(Oc1ccc(C=NNS(=O)(=O)c2ccc3ccccc3c2)cc1)c1ccccc1[N+](=O)[O-]. The summed E-state index contributed by atoms with van der Waals surface area (Å²) in [5, 5.41) is 16.6. The number of nitro groups is 1. The van der Waals surface area contributed by atoms with Crippen LogP contribution in [0.25, 0.3) is 10.8 Å². The lowest BCUT2D eigenvalue weighted by atomic mass is 10.1. The Hall–Kier alpha value is -4.57. The highest BCUT2D eigenvalue weighted by Gasteiger charge is 2.21. The van der Waals surface area contributed by atoms with Gasteiger partial charge in [0.15, 0.2) is 0 Å². The molecule has 0 aromatic heterocycles. The number of nitro benzene ring substituents is 1. The Morgan fingerprint density at radius 2 is 1.59 bits per heavy atom.